The van der Waals surface area contributed by atoms with Crippen molar-refractivity contribution in [3.05, 3.63) is 18.2 Å². The Balaban J connectivity index is 0.00000242. The highest BCUT2D eigenvalue weighted by Gasteiger charge is 2.30. The fourth-order valence-electron chi connectivity index (χ4n) is 3.04. The maximum Gasteiger partial charge on any atom is 0.239 e. The van der Waals surface area contributed by atoms with Crippen LogP contribution in [0.5, 0.6) is 0 Å². The van der Waals surface area contributed by atoms with Crippen LogP contribution in [0.15, 0.2) is 12.4 Å². The summed E-state index contributed by atoms with van der Waals surface area (Å²) in [6.07, 6.45) is 7.88. The van der Waals surface area contributed by atoms with Gasteiger partial charge in [-0.05, 0) is 18.8 Å². The van der Waals surface area contributed by atoms with Gasteiger partial charge in [-0.2, -0.15) is 0 Å². The molecule has 2 rings (SSSR count). The van der Waals surface area contributed by atoms with Crippen LogP contribution >= 0.6 is 12.4 Å². The van der Waals surface area contributed by atoms with Crippen molar-refractivity contribution in [3.63, 3.8) is 0 Å². The summed E-state index contributed by atoms with van der Waals surface area (Å²) in [5, 5.41) is 0. The average molecular weight is 329 g/mol. The summed E-state index contributed by atoms with van der Waals surface area (Å²) in [4.78, 5) is 18.9. The number of aryl methyl sites for hydroxylation is 1. The van der Waals surface area contributed by atoms with Crippen molar-refractivity contribution in [3.8, 4) is 0 Å². The van der Waals surface area contributed by atoms with Gasteiger partial charge in [0.15, 0.2) is 0 Å². The minimum Gasteiger partial charge on any atom is -0.339 e. The zero-order valence-corrected chi connectivity index (χ0v) is 14.7. The topological polar surface area (TPSA) is 64.2 Å². The maximum atomic E-state index is 12.5. The number of rotatable bonds is 5. The number of imidazole rings is 1. The molecule has 0 radical (unpaired) electrons. The summed E-state index contributed by atoms with van der Waals surface area (Å²) in [7, 11) is 0. The number of carbonyl (C=O) groups excluding carboxylic acids is 1. The first-order valence-corrected chi connectivity index (χ1v) is 8.14. The van der Waals surface area contributed by atoms with E-state index in [1.807, 2.05) is 17.3 Å². The van der Waals surface area contributed by atoms with Crippen LogP contribution in [0.25, 0.3) is 0 Å². The normalized spacial score (nSPS) is 21.1. The largest absolute Gasteiger partial charge is 0.339 e. The van der Waals surface area contributed by atoms with Crippen LogP contribution in [0.3, 0.4) is 0 Å². The second-order valence-corrected chi connectivity index (χ2v) is 6.10. The summed E-state index contributed by atoms with van der Waals surface area (Å²) in [5.41, 5.74) is 6.11. The molecule has 1 saturated heterocycles. The van der Waals surface area contributed by atoms with Gasteiger partial charge in [0.25, 0.3) is 0 Å². The summed E-state index contributed by atoms with van der Waals surface area (Å²) >= 11 is 0. The van der Waals surface area contributed by atoms with Gasteiger partial charge in [0.05, 0.1) is 12.1 Å². The molecule has 3 atom stereocenters. The molecular formula is C16H29ClN4O. The molecule has 5 nitrogen and oxygen atoms in total. The van der Waals surface area contributed by atoms with Crippen molar-refractivity contribution in [1.29, 1.82) is 0 Å². The fourth-order valence-corrected chi connectivity index (χ4v) is 3.04. The molecule has 1 aliphatic rings. The molecule has 1 aromatic rings. The van der Waals surface area contributed by atoms with Crippen LogP contribution in [0.2, 0.25) is 0 Å². The Labute approximate surface area is 139 Å². The van der Waals surface area contributed by atoms with E-state index in [-0.39, 0.29) is 30.3 Å². The lowest BCUT2D eigenvalue weighted by Gasteiger charge is -2.36. The average Bonchev–Trinajstić information content (AvgIpc) is 3.01. The molecule has 2 N–H and O–H groups in total. The predicted octanol–water partition coefficient (Wildman–Crippen LogP) is 2.40. The zero-order valence-electron chi connectivity index (χ0n) is 13.9. The lowest BCUT2D eigenvalue weighted by Crippen LogP contribution is -2.50. The molecule has 1 aromatic heterocycles. The van der Waals surface area contributed by atoms with Crippen molar-refractivity contribution in [2.24, 2.45) is 11.7 Å². The quantitative estimate of drug-likeness (QED) is 0.902. The second kappa shape index (κ2) is 8.53. The molecule has 126 valence electrons. The highest BCUT2D eigenvalue weighted by Crippen LogP contribution is 2.24. The number of amides is 1. The van der Waals surface area contributed by atoms with E-state index < -0.39 is 0 Å². The monoisotopic (exact) mass is 328 g/mol. The summed E-state index contributed by atoms with van der Waals surface area (Å²) < 4.78 is 2.23. The van der Waals surface area contributed by atoms with Crippen molar-refractivity contribution < 1.29 is 4.79 Å². The van der Waals surface area contributed by atoms with Crippen LogP contribution in [-0.4, -0.2) is 39.5 Å². The second-order valence-electron chi connectivity index (χ2n) is 6.10. The van der Waals surface area contributed by atoms with Crippen LogP contribution < -0.4 is 5.73 Å². The molecule has 6 heteroatoms. The fraction of sp³-hybridized carbons (Fsp3) is 0.750. The number of halogens is 1. The molecule has 1 aliphatic heterocycles. The van der Waals surface area contributed by atoms with Crippen molar-refractivity contribution in [2.75, 3.05) is 13.1 Å². The molecule has 0 bridgehead atoms. The third-order valence-corrected chi connectivity index (χ3v) is 4.71. The molecule has 1 amide bonds. The Kier molecular flexibility index (Phi) is 7.36. The van der Waals surface area contributed by atoms with E-state index in [0.29, 0.717) is 6.04 Å². The molecule has 22 heavy (non-hydrogen) atoms. The first-order chi connectivity index (χ1) is 10.1. The number of aromatic nitrogens is 2. The Bertz CT molecular complexity index is 476. The molecule has 0 spiro atoms. The SMILES string of the molecule is CCc1nccn1C1CCCN(C(=O)C(N)C(C)CC)C1.Cl. The molecule has 0 aliphatic carbocycles. The van der Waals surface area contributed by atoms with Gasteiger partial charge < -0.3 is 15.2 Å². The van der Waals surface area contributed by atoms with E-state index in [1.54, 1.807) is 0 Å². The predicted molar refractivity (Wildman–Crippen MR) is 91.1 cm³/mol. The molecule has 1 fully saturated rings. The van der Waals surface area contributed by atoms with Gasteiger partial charge in [-0.15, -0.1) is 12.4 Å². The van der Waals surface area contributed by atoms with E-state index in [0.717, 1.165) is 44.6 Å². The van der Waals surface area contributed by atoms with Crippen LogP contribution in [0.4, 0.5) is 0 Å². The molecule has 0 aromatic carbocycles. The Morgan fingerprint density at radius 2 is 2.23 bits per heavy atom. The highest BCUT2D eigenvalue weighted by atomic mass is 35.5. The van der Waals surface area contributed by atoms with Crippen molar-refractivity contribution >= 4 is 18.3 Å². The van der Waals surface area contributed by atoms with E-state index >= 15 is 0 Å². The van der Waals surface area contributed by atoms with Gasteiger partial charge in [0.1, 0.15) is 5.82 Å². The molecule has 3 unspecified atom stereocenters. The number of likely N-dealkylation sites (tertiary alicyclic amines) is 1. The number of piperidine rings is 1. The van der Waals surface area contributed by atoms with Crippen LogP contribution in [0.1, 0.15) is 51.9 Å². The third kappa shape index (κ3) is 4.02. The standard InChI is InChI=1S/C16H28N4O.ClH/c1-4-12(3)15(17)16(21)19-9-6-7-13(11-19)20-10-8-18-14(20)5-2;/h8,10,12-13,15H,4-7,9,11,17H2,1-3H3;1H. The molecular weight excluding hydrogens is 300 g/mol. The summed E-state index contributed by atoms with van der Waals surface area (Å²) in [5.74, 6) is 1.44. The lowest BCUT2D eigenvalue weighted by molar-refractivity contribution is -0.135. The lowest BCUT2D eigenvalue weighted by atomic mass is 9.97. The van der Waals surface area contributed by atoms with Gasteiger partial charge in [-0.25, -0.2) is 4.98 Å². The zero-order chi connectivity index (χ0) is 15.4. The Hall–Kier alpha value is -1.07. The van der Waals surface area contributed by atoms with Gasteiger partial charge in [0.2, 0.25) is 5.91 Å². The minimum absolute atomic E-state index is 0. The number of hydrogen-bond acceptors (Lipinski definition) is 3. The smallest absolute Gasteiger partial charge is 0.239 e. The first kappa shape index (κ1) is 19.0. The Morgan fingerprint density at radius 1 is 1.50 bits per heavy atom. The van der Waals surface area contributed by atoms with Crippen molar-refractivity contribution in [2.45, 2.75) is 58.5 Å². The van der Waals surface area contributed by atoms with Crippen molar-refractivity contribution in [1.82, 2.24) is 14.5 Å². The third-order valence-electron chi connectivity index (χ3n) is 4.71. The number of carbonyl (C=O) groups is 1. The van der Waals surface area contributed by atoms with Crippen LogP contribution in [-0.2, 0) is 11.2 Å². The highest BCUT2D eigenvalue weighted by molar-refractivity contribution is 5.85. The summed E-state index contributed by atoms with van der Waals surface area (Å²) in [6.45, 7) is 7.83. The molecule has 2 heterocycles. The van der Waals surface area contributed by atoms with E-state index in [4.69, 9.17) is 5.73 Å². The van der Waals surface area contributed by atoms with Gasteiger partial charge in [-0.1, -0.05) is 27.2 Å². The number of nitrogens with zero attached hydrogens (tertiary/aromatic N) is 3. The number of hydrogen-bond donors (Lipinski definition) is 1. The van der Waals surface area contributed by atoms with Gasteiger partial charge in [0, 0.05) is 31.9 Å². The van der Waals surface area contributed by atoms with E-state index in [1.165, 1.54) is 0 Å². The van der Waals surface area contributed by atoms with Crippen LogP contribution in [0, 0.1) is 5.92 Å². The molecule has 0 saturated carbocycles. The number of nitrogens with two attached hydrogens (primary N) is 1. The van der Waals surface area contributed by atoms with E-state index in [2.05, 4.69) is 30.3 Å². The Morgan fingerprint density at radius 3 is 2.86 bits per heavy atom. The first-order valence-electron chi connectivity index (χ1n) is 8.14. The minimum atomic E-state index is -0.373. The van der Waals surface area contributed by atoms with E-state index in [9.17, 15) is 4.79 Å². The maximum absolute atomic E-state index is 12.5. The van der Waals surface area contributed by atoms with Gasteiger partial charge >= 0.3 is 0 Å². The van der Waals surface area contributed by atoms with Gasteiger partial charge in [-0.3, -0.25) is 4.79 Å². The summed E-state index contributed by atoms with van der Waals surface area (Å²) in [6, 6.07) is -0.0357.